The maximum absolute atomic E-state index is 6.24. The number of hydrogen-bond acceptors (Lipinski definition) is 5. The van der Waals surface area contributed by atoms with Crippen molar-refractivity contribution in [1.29, 1.82) is 0 Å². The van der Waals surface area contributed by atoms with Gasteiger partial charge in [0.05, 0.1) is 18.9 Å². The highest BCUT2D eigenvalue weighted by atomic mass is 16.7. The Morgan fingerprint density at radius 3 is 2.58 bits per heavy atom. The molecule has 3 aromatic rings. The first-order valence-corrected chi connectivity index (χ1v) is 12.9. The first kappa shape index (κ1) is 24.8. The number of aryl methyl sites for hydroxylation is 1. The molecule has 1 aromatic carbocycles. The van der Waals surface area contributed by atoms with Crippen LogP contribution >= 0.6 is 0 Å². The molecule has 1 aliphatic heterocycles. The fraction of sp³-hybridized carbons (Fsp3) is 0.483. The average molecular weight is 490 g/mol. The topological polar surface area (TPSA) is 92.2 Å². The molecule has 0 bridgehead atoms. The Balaban J connectivity index is 1.32. The van der Waals surface area contributed by atoms with Crippen molar-refractivity contribution in [2.75, 3.05) is 26.0 Å². The van der Waals surface area contributed by atoms with Gasteiger partial charge in [-0.2, -0.15) is 0 Å². The van der Waals surface area contributed by atoms with E-state index >= 15 is 0 Å². The molecule has 1 saturated heterocycles. The Labute approximate surface area is 213 Å². The Kier molecular flexibility index (Phi) is 6.57. The number of nitrogens with one attached hydrogen (secondary N) is 2. The first-order chi connectivity index (χ1) is 17.2. The number of nitrogen functional groups attached to an aromatic ring is 1. The summed E-state index contributed by atoms with van der Waals surface area (Å²) in [6.07, 6.45) is 7.82. The Morgan fingerprint density at radius 2 is 1.94 bits per heavy atom. The highest BCUT2D eigenvalue weighted by molar-refractivity contribution is 5.91. The number of H-pyrrole nitrogens is 2. The van der Waals surface area contributed by atoms with Crippen molar-refractivity contribution in [3.05, 3.63) is 65.8 Å². The van der Waals surface area contributed by atoms with Crippen LogP contribution in [0.15, 0.2) is 43.0 Å². The summed E-state index contributed by atoms with van der Waals surface area (Å²) in [5.41, 5.74) is 11.5. The third-order valence-corrected chi connectivity index (χ3v) is 7.66. The van der Waals surface area contributed by atoms with E-state index < -0.39 is 0 Å². The summed E-state index contributed by atoms with van der Waals surface area (Å²) >= 11 is 0. The number of hydrogen-bond donors (Lipinski definition) is 3. The van der Waals surface area contributed by atoms with E-state index in [0.717, 1.165) is 73.7 Å². The lowest BCUT2D eigenvalue weighted by atomic mass is 9.86. The van der Waals surface area contributed by atoms with Crippen LogP contribution in [-0.2, 0) is 16.0 Å². The molecule has 0 amide bonds. The van der Waals surface area contributed by atoms with Gasteiger partial charge in [0.1, 0.15) is 11.6 Å². The largest absolute Gasteiger partial charge is 0.382 e. The minimum absolute atomic E-state index is 0.107. The Morgan fingerprint density at radius 1 is 1.22 bits per heavy atom. The molecule has 36 heavy (non-hydrogen) atoms. The van der Waals surface area contributed by atoms with E-state index in [1.807, 2.05) is 13.0 Å². The Bertz CT molecular complexity index is 1260. The molecule has 7 nitrogen and oxygen atoms in total. The molecule has 192 valence electrons. The highest BCUT2D eigenvalue weighted by Gasteiger charge is 2.43. The molecule has 3 heterocycles. The van der Waals surface area contributed by atoms with Gasteiger partial charge >= 0.3 is 0 Å². The number of aromatic amines is 2. The van der Waals surface area contributed by atoms with Crippen LogP contribution in [0.2, 0.25) is 0 Å². The number of fused-ring (bicyclic) bond motifs is 1. The maximum Gasteiger partial charge on any atom is 0.168 e. The molecule has 7 heteroatoms. The van der Waals surface area contributed by atoms with E-state index in [4.69, 9.17) is 15.2 Å². The molecule has 1 spiro atoms. The van der Waals surface area contributed by atoms with Crippen molar-refractivity contribution >= 4 is 22.3 Å². The predicted octanol–water partition coefficient (Wildman–Crippen LogP) is 5.54. The van der Waals surface area contributed by atoms with Gasteiger partial charge in [0.2, 0.25) is 0 Å². The zero-order valence-electron chi connectivity index (χ0n) is 22.0. The van der Waals surface area contributed by atoms with Crippen LogP contribution in [0.3, 0.4) is 0 Å². The molecular weight excluding hydrogens is 450 g/mol. The molecule has 4 N–H and O–H groups in total. The molecule has 0 unspecified atom stereocenters. The smallest absolute Gasteiger partial charge is 0.168 e. The monoisotopic (exact) mass is 489 g/mol. The van der Waals surface area contributed by atoms with Crippen LogP contribution < -0.4 is 5.73 Å². The van der Waals surface area contributed by atoms with E-state index in [1.54, 1.807) is 6.08 Å². The van der Waals surface area contributed by atoms with Crippen LogP contribution in [0.4, 0.5) is 5.82 Å². The molecular formula is C29H39N5O2. The van der Waals surface area contributed by atoms with Crippen LogP contribution in [0.5, 0.6) is 0 Å². The summed E-state index contributed by atoms with van der Waals surface area (Å²) in [5.74, 6) is 0.907. The molecule has 1 aliphatic carbocycles. The molecule has 5 rings (SSSR count). The number of aromatic nitrogens is 3. The van der Waals surface area contributed by atoms with Gasteiger partial charge in [-0.05, 0) is 44.5 Å². The number of rotatable bonds is 6. The summed E-state index contributed by atoms with van der Waals surface area (Å²) in [4.78, 5) is 13.7. The second-order valence-electron chi connectivity index (χ2n) is 11.3. The van der Waals surface area contributed by atoms with Gasteiger partial charge < -0.3 is 25.2 Å². The molecule has 1 saturated carbocycles. The number of benzene rings is 1. The average Bonchev–Trinajstić information content (AvgIpc) is 3.43. The lowest BCUT2D eigenvalue weighted by Crippen LogP contribution is -2.51. The third-order valence-electron chi connectivity index (χ3n) is 7.66. The fourth-order valence-electron chi connectivity index (χ4n) is 5.55. The minimum atomic E-state index is -0.372. The minimum Gasteiger partial charge on any atom is -0.382 e. The first-order valence-electron chi connectivity index (χ1n) is 12.9. The van der Waals surface area contributed by atoms with Crippen molar-refractivity contribution in [1.82, 2.24) is 19.9 Å². The summed E-state index contributed by atoms with van der Waals surface area (Å²) in [6.45, 7) is 12.6. The summed E-state index contributed by atoms with van der Waals surface area (Å²) in [6, 6.07) is 9.19. The van der Waals surface area contributed by atoms with E-state index in [2.05, 4.69) is 71.6 Å². The second-order valence-corrected chi connectivity index (χ2v) is 11.3. The second kappa shape index (κ2) is 9.54. The number of allylic oxidation sites excluding steroid dienone is 2. The zero-order chi connectivity index (χ0) is 25.5. The van der Waals surface area contributed by atoms with Gasteiger partial charge in [0.25, 0.3) is 0 Å². The fourth-order valence-corrected chi connectivity index (χ4v) is 5.55. The van der Waals surface area contributed by atoms with Gasteiger partial charge in [-0.3, -0.25) is 4.90 Å². The van der Waals surface area contributed by atoms with Gasteiger partial charge in [-0.25, -0.2) is 4.98 Å². The summed E-state index contributed by atoms with van der Waals surface area (Å²) < 4.78 is 12.5. The SMILES string of the molecule is C=C/C=C(/c1cc2c(CN(C)C3CCC4(CC3)OCC(C)(C)CO4)cccc2[nH]1)c1[nH]c(C)nc1N. The molecule has 0 radical (unpaired) electrons. The van der Waals surface area contributed by atoms with Crippen LogP contribution in [0, 0.1) is 12.3 Å². The molecule has 2 aromatic heterocycles. The molecule has 2 aliphatic rings. The van der Waals surface area contributed by atoms with Gasteiger partial charge in [0.15, 0.2) is 5.79 Å². The van der Waals surface area contributed by atoms with Gasteiger partial charge in [-0.1, -0.05) is 44.7 Å². The van der Waals surface area contributed by atoms with Gasteiger partial charge in [-0.15, -0.1) is 0 Å². The quantitative estimate of drug-likeness (QED) is 0.395. The number of imidazole rings is 1. The summed E-state index contributed by atoms with van der Waals surface area (Å²) in [5, 5.41) is 1.22. The molecule has 2 fully saturated rings. The summed E-state index contributed by atoms with van der Waals surface area (Å²) in [7, 11) is 2.23. The number of nitrogens with two attached hydrogens (primary N) is 1. The normalized spacial score (nSPS) is 20.4. The van der Waals surface area contributed by atoms with Crippen molar-refractivity contribution < 1.29 is 9.47 Å². The number of anilines is 1. The zero-order valence-corrected chi connectivity index (χ0v) is 22.0. The van der Waals surface area contributed by atoms with Crippen molar-refractivity contribution in [2.24, 2.45) is 5.41 Å². The van der Waals surface area contributed by atoms with E-state index in [1.165, 1.54) is 10.9 Å². The standard InChI is InChI=1S/C29H39N5O2/c1-6-8-22(26-27(30)32-19(2)31-26)25-15-23-20(9-7-10-24(23)33-25)16-34(5)21-11-13-29(14-12-21)35-17-28(3,4)18-36-29/h6-10,15,21,33H,1,11-14,16-18,30H2,2-5H3,(H,31,32)/b22-8-. The van der Waals surface area contributed by atoms with Crippen LogP contribution in [-0.4, -0.2) is 51.9 Å². The van der Waals surface area contributed by atoms with E-state index in [9.17, 15) is 0 Å². The van der Waals surface area contributed by atoms with Crippen LogP contribution in [0.25, 0.3) is 16.5 Å². The highest BCUT2D eigenvalue weighted by Crippen LogP contribution is 2.40. The Hall–Kier alpha value is -2.87. The third kappa shape index (κ3) is 4.88. The maximum atomic E-state index is 6.24. The number of nitrogens with zero attached hydrogens (tertiary/aromatic N) is 2. The van der Waals surface area contributed by atoms with Crippen LogP contribution in [0.1, 0.15) is 62.3 Å². The lowest BCUT2D eigenvalue weighted by Gasteiger charge is -2.47. The van der Waals surface area contributed by atoms with Gasteiger partial charge in [0, 0.05) is 53.0 Å². The lowest BCUT2D eigenvalue weighted by molar-refractivity contribution is -0.312. The molecule has 0 atom stereocenters. The van der Waals surface area contributed by atoms with E-state index in [0.29, 0.717) is 11.9 Å². The van der Waals surface area contributed by atoms with E-state index in [-0.39, 0.29) is 11.2 Å². The predicted molar refractivity (Wildman–Crippen MR) is 145 cm³/mol. The van der Waals surface area contributed by atoms with Crippen molar-refractivity contribution in [2.45, 2.75) is 64.8 Å². The van der Waals surface area contributed by atoms with Crippen molar-refractivity contribution in [3.8, 4) is 0 Å². The van der Waals surface area contributed by atoms with Crippen molar-refractivity contribution in [3.63, 3.8) is 0 Å². The number of ether oxygens (including phenoxy) is 2.